The van der Waals surface area contributed by atoms with Crippen LogP contribution >= 0.6 is 11.6 Å². The highest BCUT2D eigenvalue weighted by molar-refractivity contribution is 7.89. The molecule has 0 radical (unpaired) electrons. The number of primary amides is 1. The van der Waals surface area contributed by atoms with Gasteiger partial charge in [-0.15, -0.1) is 0 Å². The molecule has 0 aliphatic carbocycles. The second-order valence-electron chi connectivity index (χ2n) is 7.19. The van der Waals surface area contributed by atoms with Crippen molar-refractivity contribution in [2.45, 2.75) is 23.5 Å². The van der Waals surface area contributed by atoms with Gasteiger partial charge in [0.1, 0.15) is 6.04 Å². The molecule has 10 heteroatoms. The Labute approximate surface area is 194 Å². The van der Waals surface area contributed by atoms with Crippen molar-refractivity contribution in [1.82, 2.24) is 4.31 Å². The number of rotatable bonds is 8. The average Bonchev–Trinajstić information content (AvgIpc) is 2.76. The zero-order valence-electron chi connectivity index (χ0n) is 17.2. The number of sulfonamides is 1. The summed E-state index contributed by atoms with van der Waals surface area (Å²) in [5.41, 5.74) is 4.92. The van der Waals surface area contributed by atoms with E-state index >= 15 is 0 Å². The van der Waals surface area contributed by atoms with Gasteiger partial charge in [0.2, 0.25) is 15.9 Å². The largest absolute Gasteiger partial charge is 0.416 e. The van der Waals surface area contributed by atoms with E-state index in [1.54, 1.807) is 18.2 Å². The molecule has 0 bridgehead atoms. The van der Waals surface area contributed by atoms with Gasteiger partial charge in [-0.3, -0.25) is 4.79 Å². The SMILES string of the molecule is NC(=O)C(c1ccccc1)N(CCc1ccccc1C(F)(F)F)S(=O)(=O)c1ccc(Cl)cc1. The number of carbonyl (C=O) groups excluding carboxylic acids is 1. The van der Waals surface area contributed by atoms with Crippen LogP contribution in [0.25, 0.3) is 0 Å². The molecule has 0 aromatic heterocycles. The molecule has 0 spiro atoms. The monoisotopic (exact) mass is 496 g/mol. The zero-order chi connectivity index (χ0) is 24.2. The standard InChI is InChI=1S/C23H20ClF3N2O3S/c24-18-10-12-19(13-11-18)33(31,32)29(21(22(28)30)17-7-2-1-3-8-17)15-14-16-6-4-5-9-20(16)23(25,26)27/h1-13,21H,14-15H2,(H2,28,30). The summed E-state index contributed by atoms with van der Waals surface area (Å²) in [6.07, 6.45) is -4.90. The average molecular weight is 497 g/mol. The molecule has 0 saturated carbocycles. The normalized spacial score (nSPS) is 13.1. The molecule has 0 saturated heterocycles. The molecule has 1 unspecified atom stereocenters. The quantitative estimate of drug-likeness (QED) is 0.485. The first-order valence-corrected chi connectivity index (χ1v) is 11.6. The van der Waals surface area contributed by atoms with E-state index in [1.165, 1.54) is 54.6 Å². The maximum atomic E-state index is 13.5. The molecule has 174 valence electrons. The van der Waals surface area contributed by atoms with Gasteiger partial charge in [0.15, 0.2) is 0 Å². The molecule has 2 N–H and O–H groups in total. The summed E-state index contributed by atoms with van der Waals surface area (Å²) < 4.78 is 68.2. The number of hydrogen-bond donors (Lipinski definition) is 1. The predicted octanol–water partition coefficient (Wildman–Crippen LogP) is 4.82. The van der Waals surface area contributed by atoms with Crippen LogP contribution in [0, 0.1) is 0 Å². The van der Waals surface area contributed by atoms with Gasteiger partial charge < -0.3 is 5.73 Å². The lowest BCUT2D eigenvalue weighted by Gasteiger charge is -2.29. The Morgan fingerprint density at radius 2 is 1.52 bits per heavy atom. The highest BCUT2D eigenvalue weighted by Crippen LogP contribution is 2.33. The van der Waals surface area contributed by atoms with Crippen LogP contribution in [0.3, 0.4) is 0 Å². The Bertz CT molecular complexity index is 1220. The molecule has 3 aromatic rings. The predicted molar refractivity (Wildman–Crippen MR) is 119 cm³/mol. The summed E-state index contributed by atoms with van der Waals surface area (Å²) in [7, 11) is -4.34. The van der Waals surface area contributed by atoms with Gasteiger partial charge in [-0.1, -0.05) is 60.1 Å². The maximum Gasteiger partial charge on any atom is 0.416 e. The zero-order valence-corrected chi connectivity index (χ0v) is 18.7. The molecule has 1 amide bonds. The first-order chi connectivity index (χ1) is 15.5. The first kappa shape index (κ1) is 24.8. The molecule has 1 atom stereocenters. The summed E-state index contributed by atoms with van der Waals surface area (Å²) in [5.74, 6) is -0.956. The van der Waals surface area contributed by atoms with E-state index in [4.69, 9.17) is 17.3 Å². The van der Waals surface area contributed by atoms with Crippen molar-refractivity contribution >= 4 is 27.5 Å². The number of halogens is 4. The molecular weight excluding hydrogens is 477 g/mol. The minimum Gasteiger partial charge on any atom is -0.368 e. The number of hydrogen-bond acceptors (Lipinski definition) is 3. The van der Waals surface area contributed by atoms with Gasteiger partial charge in [-0.05, 0) is 47.9 Å². The molecule has 33 heavy (non-hydrogen) atoms. The van der Waals surface area contributed by atoms with Gasteiger partial charge in [0.05, 0.1) is 10.5 Å². The van der Waals surface area contributed by atoms with E-state index < -0.39 is 40.3 Å². The lowest BCUT2D eigenvalue weighted by molar-refractivity contribution is -0.138. The Morgan fingerprint density at radius 1 is 0.939 bits per heavy atom. The van der Waals surface area contributed by atoms with Crippen LogP contribution in [0.4, 0.5) is 13.2 Å². The van der Waals surface area contributed by atoms with Crippen LogP contribution in [-0.2, 0) is 27.4 Å². The van der Waals surface area contributed by atoms with Crippen molar-refractivity contribution in [2.75, 3.05) is 6.54 Å². The van der Waals surface area contributed by atoms with Crippen molar-refractivity contribution in [1.29, 1.82) is 0 Å². The van der Waals surface area contributed by atoms with Crippen molar-refractivity contribution in [3.8, 4) is 0 Å². The van der Waals surface area contributed by atoms with Gasteiger partial charge in [0, 0.05) is 11.6 Å². The molecule has 0 heterocycles. The Hall–Kier alpha value is -2.88. The van der Waals surface area contributed by atoms with Crippen molar-refractivity contribution in [2.24, 2.45) is 5.73 Å². The van der Waals surface area contributed by atoms with E-state index in [1.807, 2.05) is 0 Å². The number of carbonyl (C=O) groups is 1. The summed E-state index contributed by atoms with van der Waals surface area (Å²) in [5, 5.41) is 0.300. The Morgan fingerprint density at radius 3 is 2.09 bits per heavy atom. The van der Waals surface area contributed by atoms with E-state index in [9.17, 15) is 26.4 Å². The summed E-state index contributed by atoms with van der Waals surface area (Å²) in [6, 6.07) is 16.7. The fraction of sp³-hybridized carbons (Fsp3) is 0.174. The van der Waals surface area contributed by atoms with Crippen molar-refractivity contribution in [3.05, 3.63) is 101 Å². The molecule has 0 aliphatic heterocycles. The summed E-state index contributed by atoms with van der Waals surface area (Å²) in [4.78, 5) is 12.3. The molecule has 3 rings (SSSR count). The van der Waals surface area contributed by atoms with E-state index in [0.717, 1.165) is 10.4 Å². The van der Waals surface area contributed by atoms with Crippen LogP contribution < -0.4 is 5.73 Å². The lowest BCUT2D eigenvalue weighted by Crippen LogP contribution is -2.42. The van der Waals surface area contributed by atoms with Crippen LogP contribution in [0.15, 0.2) is 83.8 Å². The second-order valence-corrected chi connectivity index (χ2v) is 9.52. The number of nitrogens with zero attached hydrogens (tertiary/aromatic N) is 1. The van der Waals surface area contributed by atoms with Crippen molar-refractivity contribution < 1.29 is 26.4 Å². The summed E-state index contributed by atoms with van der Waals surface area (Å²) >= 11 is 5.86. The van der Waals surface area contributed by atoms with Gasteiger partial charge in [-0.2, -0.15) is 17.5 Å². The second kappa shape index (κ2) is 9.94. The number of alkyl halides is 3. The molecule has 3 aromatic carbocycles. The first-order valence-electron chi connectivity index (χ1n) is 9.78. The molecule has 0 fully saturated rings. The van der Waals surface area contributed by atoms with Gasteiger partial charge in [0.25, 0.3) is 0 Å². The van der Waals surface area contributed by atoms with Crippen LogP contribution in [0.1, 0.15) is 22.7 Å². The van der Waals surface area contributed by atoms with Crippen LogP contribution in [-0.4, -0.2) is 25.2 Å². The number of amides is 1. The Balaban J connectivity index is 2.08. The van der Waals surface area contributed by atoms with Crippen LogP contribution in [0.5, 0.6) is 0 Å². The smallest absolute Gasteiger partial charge is 0.368 e. The van der Waals surface area contributed by atoms with Gasteiger partial charge >= 0.3 is 6.18 Å². The van der Waals surface area contributed by atoms with E-state index in [0.29, 0.717) is 10.6 Å². The van der Waals surface area contributed by atoms with E-state index in [-0.39, 0.29) is 16.9 Å². The highest BCUT2D eigenvalue weighted by Gasteiger charge is 2.37. The minimum absolute atomic E-state index is 0.0995. The fourth-order valence-electron chi connectivity index (χ4n) is 3.48. The topological polar surface area (TPSA) is 80.5 Å². The maximum absolute atomic E-state index is 13.5. The minimum atomic E-state index is -4.61. The third-order valence-corrected chi connectivity index (χ3v) is 7.15. The fourth-order valence-corrected chi connectivity index (χ4v) is 5.19. The third kappa shape index (κ3) is 5.73. The molecular formula is C23H20ClF3N2O3S. The van der Waals surface area contributed by atoms with Crippen molar-refractivity contribution in [3.63, 3.8) is 0 Å². The number of benzene rings is 3. The lowest BCUT2D eigenvalue weighted by atomic mass is 10.0. The Kier molecular flexibility index (Phi) is 7.46. The number of nitrogens with two attached hydrogens (primary N) is 1. The van der Waals surface area contributed by atoms with Crippen LogP contribution in [0.2, 0.25) is 5.02 Å². The third-order valence-electron chi connectivity index (χ3n) is 5.02. The van der Waals surface area contributed by atoms with E-state index in [2.05, 4.69) is 0 Å². The summed E-state index contributed by atoms with van der Waals surface area (Å²) in [6.45, 7) is -0.416. The molecule has 0 aliphatic rings. The highest BCUT2D eigenvalue weighted by atomic mass is 35.5. The van der Waals surface area contributed by atoms with Gasteiger partial charge in [-0.25, -0.2) is 8.42 Å². The molecule has 5 nitrogen and oxygen atoms in total.